The van der Waals surface area contributed by atoms with Crippen molar-refractivity contribution in [2.45, 2.75) is 13.0 Å². The van der Waals surface area contributed by atoms with Gasteiger partial charge >= 0.3 is 0 Å². The Morgan fingerprint density at radius 2 is 2.05 bits per heavy atom. The van der Waals surface area contributed by atoms with Crippen molar-refractivity contribution in [3.05, 3.63) is 69.1 Å². The lowest BCUT2D eigenvalue weighted by atomic mass is 10.1. The van der Waals surface area contributed by atoms with Crippen LogP contribution in [-0.2, 0) is 0 Å². The average Bonchev–Trinajstić information content (AvgIpc) is 2.44. The number of rotatable bonds is 4. The SMILES string of the molecule is Cc1ccc(C(=O)NC[C@H](O)c2ccc(F)cc2F)c(=O)[nH]1. The van der Waals surface area contributed by atoms with Gasteiger partial charge in [-0.25, -0.2) is 8.78 Å². The number of halogens is 2. The van der Waals surface area contributed by atoms with Gasteiger partial charge in [0.05, 0.1) is 6.10 Å². The first-order valence-electron chi connectivity index (χ1n) is 6.49. The third-order valence-electron chi connectivity index (χ3n) is 3.08. The summed E-state index contributed by atoms with van der Waals surface area (Å²) in [6.07, 6.45) is -1.35. The van der Waals surface area contributed by atoms with Crippen LogP contribution in [0.5, 0.6) is 0 Å². The number of aryl methyl sites for hydroxylation is 1. The summed E-state index contributed by atoms with van der Waals surface area (Å²) in [7, 11) is 0. The molecule has 0 saturated carbocycles. The number of aromatic amines is 1. The third kappa shape index (κ3) is 3.56. The van der Waals surface area contributed by atoms with E-state index in [2.05, 4.69) is 10.3 Å². The first-order valence-corrected chi connectivity index (χ1v) is 6.49. The summed E-state index contributed by atoms with van der Waals surface area (Å²) in [6, 6.07) is 5.67. The molecule has 1 heterocycles. The molecule has 1 atom stereocenters. The van der Waals surface area contributed by atoms with Crippen molar-refractivity contribution in [3.8, 4) is 0 Å². The highest BCUT2D eigenvalue weighted by atomic mass is 19.1. The van der Waals surface area contributed by atoms with Gasteiger partial charge < -0.3 is 15.4 Å². The molecule has 0 aliphatic heterocycles. The van der Waals surface area contributed by atoms with Crippen LogP contribution >= 0.6 is 0 Å². The topological polar surface area (TPSA) is 82.2 Å². The van der Waals surface area contributed by atoms with Crippen molar-refractivity contribution in [1.82, 2.24) is 10.3 Å². The predicted molar refractivity (Wildman–Crippen MR) is 75.5 cm³/mol. The Labute approximate surface area is 124 Å². The van der Waals surface area contributed by atoms with Gasteiger partial charge in [-0.1, -0.05) is 6.07 Å². The zero-order chi connectivity index (χ0) is 16.3. The largest absolute Gasteiger partial charge is 0.386 e. The van der Waals surface area contributed by atoms with Crippen LogP contribution < -0.4 is 10.9 Å². The van der Waals surface area contributed by atoms with Crippen LogP contribution in [0, 0.1) is 18.6 Å². The van der Waals surface area contributed by atoms with E-state index in [-0.39, 0.29) is 17.7 Å². The number of aromatic nitrogens is 1. The van der Waals surface area contributed by atoms with Gasteiger partial charge in [-0.2, -0.15) is 0 Å². The first kappa shape index (κ1) is 15.8. The minimum absolute atomic E-state index is 0.114. The fourth-order valence-electron chi connectivity index (χ4n) is 1.92. The minimum atomic E-state index is -1.35. The summed E-state index contributed by atoms with van der Waals surface area (Å²) < 4.78 is 26.3. The first-order chi connectivity index (χ1) is 10.4. The molecule has 116 valence electrons. The molecule has 0 spiro atoms. The molecule has 0 fully saturated rings. The molecule has 1 aromatic carbocycles. The standard InChI is InChI=1S/C15H14F2N2O3/c1-8-2-4-11(15(22)19-8)14(21)18-7-13(20)10-5-3-9(16)6-12(10)17/h2-6,13,20H,7H2,1H3,(H,18,21)(H,19,22)/t13-/m0/s1. The normalized spacial score (nSPS) is 12.0. The summed E-state index contributed by atoms with van der Waals surface area (Å²) in [5.41, 5.74) is -0.202. The Kier molecular flexibility index (Phi) is 4.67. The van der Waals surface area contributed by atoms with Crippen molar-refractivity contribution < 1.29 is 18.7 Å². The predicted octanol–water partition coefficient (Wildman–Crippen LogP) is 1.42. The monoisotopic (exact) mass is 308 g/mol. The van der Waals surface area contributed by atoms with Gasteiger partial charge in [-0.15, -0.1) is 0 Å². The second kappa shape index (κ2) is 6.48. The second-order valence-electron chi connectivity index (χ2n) is 4.78. The van der Waals surface area contributed by atoms with Crippen molar-refractivity contribution in [2.75, 3.05) is 6.54 Å². The molecule has 7 heteroatoms. The minimum Gasteiger partial charge on any atom is -0.386 e. The molecule has 0 radical (unpaired) electrons. The quantitative estimate of drug-likeness (QED) is 0.799. The van der Waals surface area contributed by atoms with Gasteiger partial charge in [0.1, 0.15) is 17.2 Å². The van der Waals surface area contributed by atoms with Crippen LogP contribution in [-0.4, -0.2) is 22.5 Å². The smallest absolute Gasteiger partial charge is 0.260 e. The highest BCUT2D eigenvalue weighted by Gasteiger charge is 2.16. The maximum absolute atomic E-state index is 13.5. The van der Waals surface area contributed by atoms with Gasteiger partial charge in [0, 0.05) is 23.9 Å². The van der Waals surface area contributed by atoms with Crippen LogP contribution in [0.25, 0.3) is 0 Å². The van der Waals surface area contributed by atoms with Gasteiger partial charge in [-0.3, -0.25) is 9.59 Å². The Morgan fingerprint density at radius 3 is 2.68 bits per heavy atom. The number of amides is 1. The molecule has 2 aromatic rings. The number of hydrogen-bond acceptors (Lipinski definition) is 3. The van der Waals surface area contributed by atoms with E-state index < -0.39 is 29.2 Å². The molecule has 0 unspecified atom stereocenters. The number of aliphatic hydroxyl groups is 1. The van der Waals surface area contributed by atoms with Crippen LogP contribution in [0.2, 0.25) is 0 Å². The number of aliphatic hydroxyl groups excluding tert-OH is 1. The Hall–Kier alpha value is -2.54. The van der Waals surface area contributed by atoms with E-state index in [1.165, 1.54) is 6.07 Å². The van der Waals surface area contributed by atoms with Crippen LogP contribution in [0.15, 0.2) is 35.1 Å². The van der Waals surface area contributed by atoms with E-state index >= 15 is 0 Å². The molecular weight excluding hydrogens is 294 g/mol. The number of nitrogens with one attached hydrogen (secondary N) is 2. The van der Waals surface area contributed by atoms with Crippen LogP contribution in [0.1, 0.15) is 27.7 Å². The Morgan fingerprint density at radius 1 is 1.32 bits per heavy atom. The van der Waals surface area contributed by atoms with E-state index in [0.717, 1.165) is 12.1 Å². The molecule has 1 aromatic heterocycles. The van der Waals surface area contributed by atoms with Crippen LogP contribution in [0.4, 0.5) is 8.78 Å². The molecule has 0 aliphatic carbocycles. The summed E-state index contributed by atoms with van der Waals surface area (Å²) >= 11 is 0. The summed E-state index contributed by atoms with van der Waals surface area (Å²) in [5.74, 6) is -2.36. The Bertz CT molecular complexity index is 759. The fraction of sp³-hybridized carbons (Fsp3) is 0.200. The zero-order valence-corrected chi connectivity index (χ0v) is 11.7. The second-order valence-corrected chi connectivity index (χ2v) is 4.78. The van der Waals surface area contributed by atoms with Crippen molar-refractivity contribution in [2.24, 2.45) is 0 Å². The Balaban J connectivity index is 2.05. The number of hydrogen-bond donors (Lipinski definition) is 3. The lowest BCUT2D eigenvalue weighted by Gasteiger charge is -2.13. The van der Waals surface area contributed by atoms with Gasteiger partial charge in [0.25, 0.3) is 11.5 Å². The summed E-state index contributed by atoms with van der Waals surface area (Å²) in [5, 5.41) is 12.2. The number of pyridine rings is 1. The molecule has 0 aliphatic rings. The number of carbonyl (C=O) groups is 1. The van der Waals surface area contributed by atoms with Gasteiger partial charge in [0.2, 0.25) is 0 Å². The maximum atomic E-state index is 13.5. The molecule has 0 bridgehead atoms. The van der Waals surface area contributed by atoms with E-state index in [4.69, 9.17) is 0 Å². The van der Waals surface area contributed by atoms with Gasteiger partial charge in [0.15, 0.2) is 0 Å². The zero-order valence-electron chi connectivity index (χ0n) is 11.7. The summed E-state index contributed by atoms with van der Waals surface area (Å²) in [4.78, 5) is 25.9. The lowest BCUT2D eigenvalue weighted by molar-refractivity contribution is 0.0912. The third-order valence-corrected chi connectivity index (χ3v) is 3.08. The van der Waals surface area contributed by atoms with Crippen molar-refractivity contribution in [1.29, 1.82) is 0 Å². The van der Waals surface area contributed by atoms with E-state index in [9.17, 15) is 23.5 Å². The molecule has 22 heavy (non-hydrogen) atoms. The molecule has 1 amide bonds. The number of H-pyrrole nitrogens is 1. The average molecular weight is 308 g/mol. The molecule has 5 nitrogen and oxygen atoms in total. The highest BCUT2D eigenvalue weighted by molar-refractivity contribution is 5.93. The highest BCUT2D eigenvalue weighted by Crippen LogP contribution is 2.17. The number of carbonyl (C=O) groups excluding carboxylic acids is 1. The molecular formula is C15H14F2N2O3. The molecule has 3 N–H and O–H groups in total. The fourth-order valence-corrected chi connectivity index (χ4v) is 1.92. The van der Waals surface area contributed by atoms with Gasteiger partial charge in [-0.05, 0) is 25.1 Å². The number of benzene rings is 1. The van der Waals surface area contributed by atoms with Crippen molar-refractivity contribution >= 4 is 5.91 Å². The molecule has 2 rings (SSSR count). The van der Waals surface area contributed by atoms with E-state index in [1.807, 2.05) is 0 Å². The van der Waals surface area contributed by atoms with E-state index in [0.29, 0.717) is 11.8 Å². The van der Waals surface area contributed by atoms with E-state index in [1.54, 1.807) is 13.0 Å². The van der Waals surface area contributed by atoms with Crippen molar-refractivity contribution in [3.63, 3.8) is 0 Å². The molecule has 0 saturated heterocycles. The lowest BCUT2D eigenvalue weighted by Crippen LogP contribution is -2.32. The maximum Gasteiger partial charge on any atom is 0.260 e. The van der Waals surface area contributed by atoms with Crippen LogP contribution in [0.3, 0.4) is 0 Å². The summed E-state index contributed by atoms with van der Waals surface area (Å²) in [6.45, 7) is 1.36.